The fraction of sp³-hybridized carbons (Fsp3) is 0.700. The van der Waals surface area contributed by atoms with Crippen molar-refractivity contribution in [2.75, 3.05) is 13.7 Å². The van der Waals surface area contributed by atoms with Gasteiger partial charge in [0.2, 0.25) is 5.89 Å². The number of carbonyl (C=O) groups excluding carboxylic acids is 1. The maximum absolute atomic E-state index is 11.3. The largest absolute Gasteiger partial charge is 0.465 e. The van der Waals surface area contributed by atoms with Crippen molar-refractivity contribution in [3.05, 3.63) is 5.89 Å². The molecule has 0 aromatic carbocycles. The standard InChI is InChI=1S/C10H17N3O4/c1-10(2,3)16-9(14)11-6-5-7-12-8(15-4)13-17-7/h5-6H2,1-4H3,(H,11,14). The fourth-order valence-electron chi connectivity index (χ4n) is 1.01. The van der Waals surface area contributed by atoms with Crippen molar-refractivity contribution in [3.8, 4) is 6.01 Å². The van der Waals surface area contributed by atoms with Crippen LogP contribution in [0.15, 0.2) is 4.52 Å². The number of ether oxygens (including phenoxy) is 2. The monoisotopic (exact) mass is 243 g/mol. The van der Waals surface area contributed by atoms with Crippen molar-refractivity contribution < 1.29 is 18.8 Å². The number of methoxy groups -OCH3 is 1. The molecule has 7 heteroatoms. The van der Waals surface area contributed by atoms with E-state index in [0.717, 1.165) is 0 Å². The van der Waals surface area contributed by atoms with Crippen LogP contribution in [0.2, 0.25) is 0 Å². The van der Waals surface area contributed by atoms with Crippen molar-refractivity contribution in [1.29, 1.82) is 0 Å². The van der Waals surface area contributed by atoms with Gasteiger partial charge in [-0.25, -0.2) is 4.79 Å². The van der Waals surface area contributed by atoms with Gasteiger partial charge in [0.05, 0.1) is 7.11 Å². The number of carbonyl (C=O) groups is 1. The van der Waals surface area contributed by atoms with E-state index in [4.69, 9.17) is 14.0 Å². The Hall–Kier alpha value is -1.79. The van der Waals surface area contributed by atoms with Crippen LogP contribution < -0.4 is 10.1 Å². The minimum absolute atomic E-state index is 0.178. The maximum atomic E-state index is 11.3. The van der Waals surface area contributed by atoms with E-state index in [9.17, 15) is 4.79 Å². The van der Waals surface area contributed by atoms with Crippen LogP contribution in [0.3, 0.4) is 0 Å². The Labute approximate surface area is 99.5 Å². The molecule has 96 valence electrons. The zero-order valence-electron chi connectivity index (χ0n) is 10.4. The third-order valence-corrected chi connectivity index (χ3v) is 1.64. The van der Waals surface area contributed by atoms with Gasteiger partial charge in [-0.2, -0.15) is 4.98 Å². The number of nitrogens with one attached hydrogen (secondary N) is 1. The van der Waals surface area contributed by atoms with Gasteiger partial charge in [0.15, 0.2) is 0 Å². The van der Waals surface area contributed by atoms with Crippen LogP contribution in [0.4, 0.5) is 4.79 Å². The summed E-state index contributed by atoms with van der Waals surface area (Å²) in [5.41, 5.74) is -0.502. The maximum Gasteiger partial charge on any atom is 0.407 e. The van der Waals surface area contributed by atoms with E-state index in [1.165, 1.54) is 7.11 Å². The number of aromatic nitrogens is 2. The highest BCUT2D eigenvalue weighted by molar-refractivity contribution is 5.67. The van der Waals surface area contributed by atoms with Crippen LogP contribution >= 0.6 is 0 Å². The van der Waals surface area contributed by atoms with Gasteiger partial charge >= 0.3 is 12.1 Å². The lowest BCUT2D eigenvalue weighted by molar-refractivity contribution is 0.0527. The molecule has 0 aliphatic carbocycles. The molecule has 0 atom stereocenters. The first kappa shape index (κ1) is 13.3. The van der Waals surface area contributed by atoms with Crippen molar-refractivity contribution in [3.63, 3.8) is 0 Å². The zero-order chi connectivity index (χ0) is 12.9. The summed E-state index contributed by atoms with van der Waals surface area (Å²) < 4.78 is 14.7. The Morgan fingerprint density at radius 3 is 2.71 bits per heavy atom. The molecule has 0 radical (unpaired) electrons. The molecule has 7 nitrogen and oxygen atoms in total. The summed E-state index contributed by atoms with van der Waals surface area (Å²) in [6, 6.07) is 0.178. The molecule has 1 heterocycles. The number of hydrogen-bond donors (Lipinski definition) is 1. The third kappa shape index (κ3) is 5.19. The van der Waals surface area contributed by atoms with E-state index >= 15 is 0 Å². The van der Waals surface area contributed by atoms with Crippen LogP contribution in [0.25, 0.3) is 0 Å². The summed E-state index contributed by atoms with van der Waals surface area (Å²) in [4.78, 5) is 15.2. The second kappa shape index (κ2) is 5.51. The molecule has 1 amide bonds. The lowest BCUT2D eigenvalue weighted by Gasteiger charge is -2.19. The molecule has 17 heavy (non-hydrogen) atoms. The summed E-state index contributed by atoms with van der Waals surface area (Å²) in [6.07, 6.45) is -0.0423. The smallest absolute Gasteiger partial charge is 0.407 e. The molecule has 1 aromatic rings. The van der Waals surface area contributed by atoms with Crippen molar-refractivity contribution in [2.24, 2.45) is 0 Å². The Bertz CT molecular complexity index is 370. The first-order chi connectivity index (χ1) is 7.90. The molecule has 0 saturated carbocycles. The SMILES string of the molecule is COc1noc(CCNC(=O)OC(C)(C)C)n1. The van der Waals surface area contributed by atoms with Crippen LogP contribution in [0, 0.1) is 0 Å². The molecule has 1 N–H and O–H groups in total. The minimum Gasteiger partial charge on any atom is -0.465 e. The average Bonchev–Trinajstić information content (AvgIpc) is 2.63. The van der Waals surface area contributed by atoms with E-state index in [1.807, 2.05) is 0 Å². The normalized spacial score (nSPS) is 11.1. The summed E-state index contributed by atoms with van der Waals surface area (Å²) in [5, 5.41) is 6.12. The quantitative estimate of drug-likeness (QED) is 0.853. The van der Waals surface area contributed by atoms with E-state index < -0.39 is 11.7 Å². The molecule has 0 aliphatic heterocycles. The van der Waals surface area contributed by atoms with E-state index in [0.29, 0.717) is 18.9 Å². The zero-order valence-corrected chi connectivity index (χ0v) is 10.4. The van der Waals surface area contributed by atoms with Gasteiger partial charge in [-0.3, -0.25) is 0 Å². The molecular formula is C10H17N3O4. The predicted molar refractivity (Wildman–Crippen MR) is 58.8 cm³/mol. The Morgan fingerprint density at radius 1 is 1.47 bits per heavy atom. The van der Waals surface area contributed by atoms with Gasteiger partial charge < -0.3 is 19.3 Å². The molecule has 0 saturated heterocycles. The number of alkyl carbamates (subject to hydrolysis) is 1. The van der Waals surface area contributed by atoms with Crippen LogP contribution in [-0.2, 0) is 11.2 Å². The van der Waals surface area contributed by atoms with Gasteiger partial charge in [-0.15, -0.1) is 0 Å². The summed E-state index contributed by atoms with van der Waals surface area (Å²) >= 11 is 0. The lowest BCUT2D eigenvalue weighted by atomic mass is 10.2. The molecular weight excluding hydrogens is 226 g/mol. The van der Waals surface area contributed by atoms with Crippen molar-refractivity contribution in [1.82, 2.24) is 15.5 Å². The van der Waals surface area contributed by atoms with E-state index in [1.54, 1.807) is 20.8 Å². The summed E-state index contributed by atoms with van der Waals surface area (Å²) in [7, 11) is 1.45. The molecule has 0 spiro atoms. The molecule has 1 rings (SSSR count). The summed E-state index contributed by atoms with van der Waals surface area (Å²) in [5.74, 6) is 0.401. The highest BCUT2D eigenvalue weighted by Gasteiger charge is 2.15. The fourth-order valence-corrected chi connectivity index (χ4v) is 1.01. The van der Waals surface area contributed by atoms with Gasteiger partial charge in [0.25, 0.3) is 0 Å². The minimum atomic E-state index is -0.502. The van der Waals surface area contributed by atoms with Gasteiger partial charge in [0.1, 0.15) is 5.60 Å². The van der Waals surface area contributed by atoms with E-state index in [-0.39, 0.29) is 6.01 Å². The predicted octanol–water partition coefficient (Wildman–Crippen LogP) is 1.15. The average molecular weight is 243 g/mol. The summed E-state index contributed by atoms with van der Waals surface area (Å²) in [6.45, 7) is 5.76. The van der Waals surface area contributed by atoms with Crippen molar-refractivity contribution >= 4 is 6.09 Å². The Morgan fingerprint density at radius 2 is 2.18 bits per heavy atom. The Kier molecular flexibility index (Phi) is 4.30. The second-order valence-corrected chi connectivity index (χ2v) is 4.35. The number of amides is 1. The topological polar surface area (TPSA) is 86.5 Å². The van der Waals surface area contributed by atoms with Crippen LogP contribution in [0.1, 0.15) is 26.7 Å². The molecule has 1 aromatic heterocycles. The molecule has 0 aliphatic rings. The Balaban J connectivity index is 2.26. The van der Waals surface area contributed by atoms with Gasteiger partial charge in [-0.05, 0) is 25.9 Å². The number of rotatable bonds is 4. The highest BCUT2D eigenvalue weighted by Crippen LogP contribution is 2.07. The van der Waals surface area contributed by atoms with Crippen LogP contribution in [-0.4, -0.2) is 35.5 Å². The molecule has 0 fully saturated rings. The van der Waals surface area contributed by atoms with Crippen molar-refractivity contribution in [2.45, 2.75) is 32.8 Å². The second-order valence-electron chi connectivity index (χ2n) is 4.35. The first-order valence-electron chi connectivity index (χ1n) is 5.24. The highest BCUT2D eigenvalue weighted by atomic mass is 16.6. The number of nitrogens with zero attached hydrogens (tertiary/aromatic N) is 2. The first-order valence-corrected chi connectivity index (χ1v) is 5.24. The van der Waals surface area contributed by atoms with Gasteiger partial charge in [-0.1, -0.05) is 0 Å². The molecule has 0 unspecified atom stereocenters. The number of hydrogen-bond acceptors (Lipinski definition) is 6. The van der Waals surface area contributed by atoms with E-state index in [2.05, 4.69) is 15.5 Å². The van der Waals surface area contributed by atoms with Gasteiger partial charge in [0, 0.05) is 13.0 Å². The molecule has 0 bridgehead atoms. The lowest BCUT2D eigenvalue weighted by Crippen LogP contribution is -2.33. The third-order valence-electron chi connectivity index (χ3n) is 1.64. The van der Waals surface area contributed by atoms with Crippen LogP contribution in [0.5, 0.6) is 6.01 Å².